The third kappa shape index (κ3) is 2.79. The smallest absolute Gasteiger partial charge is 0.129 e. The van der Waals surface area contributed by atoms with E-state index in [9.17, 15) is 0 Å². The Labute approximate surface area is 129 Å². The van der Waals surface area contributed by atoms with E-state index in [0.29, 0.717) is 12.4 Å². The van der Waals surface area contributed by atoms with Crippen LogP contribution in [0.2, 0.25) is 0 Å². The highest BCUT2D eigenvalue weighted by atomic mass is 16.5. The fourth-order valence-corrected chi connectivity index (χ4v) is 2.52. The lowest BCUT2D eigenvalue weighted by Gasteiger charge is -2.12. The van der Waals surface area contributed by atoms with Gasteiger partial charge in [0.2, 0.25) is 0 Å². The first-order chi connectivity index (χ1) is 10.8. The summed E-state index contributed by atoms with van der Waals surface area (Å²) in [5, 5.41) is 14.2. The third-order valence-corrected chi connectivity index (χ3v) is 3.76. The first kappa shape index (κ1) is 14.1. The number of fused-ring (bicyclic) bond motifs is 1. The molecule has 0 saturated carbocycles. The zero-order chi connectivity index (χ0) is 15.4. The number of aryl methyl sites for hydroxylation is 1. The van der Waals surface area contributed by atoms with Crippen LogP contribution in [0.1, 0.15) is 16.7 Å². The minimum Gasteiger partial charge on any atom is -0.488 e. The zero-order valence-corrected chi connectivity index (χ0v) is 12.4. The van der Waals surface area contributed by atoms with Crippen molar-refractivity contribution >= 4 is 17.0 Å². The summed E-state index contributed by atoms with van der Waals surface area (Å²) in [6.07, 6.45) is 1.43. The van der Waals surface area contributed by atoms with Gasteiger partial charge in [0.1, 0.15) is 12.4 Å². The molecule has 0 fully saturated rings. The molecule has 110 valence electrons. The van der Waals surface area contributed by atoms with Crippen LogP contribution in [0.3, 0.4) is 0 Å². The minimum absolute atomic E-state index is 0.483. The molecule has 3 aromatic rings. The number of ether oxygens (including phenoxy) is 1. The molecule has 0 radical (unpaired) electrons. The van der Waals surface area contributed by atoms with Crippen molar-refractivity contribution in [2.75, 3.05) is 0 Å². The van der Waals surface area contributed by atoms with Gasteiger partial charge >= 0.3 is 0 Å². The fourth-order valence-electron chi connectivity index (χ4n) is 2.52. The Morgan fingerprint density at radius 3 is 2.59 bits per heavy atom. The van der Waals surface area contributed by atoms with Gasteiger partial charge in [-0.1, -0.05) is 59.8 Å². The topological polar surface area (TPSA) is 41.8 Å². The molecule has 1 N–H and O–H groups in total. The van der Waals surface area contributed by atoms with Crippen LogP contribution in [0, 0.1) is 6.92 Å². The molecule has 0 aromatic heterocycles. The molecular formula is C19H17NO2. The lowest BCUT2D eigenvalue weighted by Crippen LogP contribution is -2.00. The molecule has 0 spiro atoms. The van der Waals surface area contributed by atoms with Gasteiger partial charge in [-0.05, 0) is 34.9 Å². The molecule has 0 aliphatic heterocycles. The SMILES string of the molecule is Cc1ccccc1COc1ccc2ccccc2c1/C=N/O. The van der Waals surface area contributed by atoms with Gasteiger partial charge in [-0.2, -0.15) is 0 Å². The van der Waals surface area contributed by atoms with E-state index in [1.165, 1.54) is 11.8 Å². The van der Waals surface area contributed by atoms with Crippen molar-refractivity contribution in [2.45, 2.75) is 13.5 Å². The maximum Gasteiger partial charge on any atom is 0.129 e. The average Bonchev–Trinajstić information content (AvgIpc) is 2.55. The first-order valence-corrected chi connectivity index (χ1v) is 7.16. The molecule has 0 unspecified atom stereocenters. The average molecular weight is 291 g/mol. The van der Waals surface area contributed by atoms with Gasteiger partial charge < -0.3 is 9.94 Å². The predicted octanol–water partition coefficient (Wildman–Crippen LogP) is 4.54. The van der Waals surface area contributed by atoms with Gasteiger partial charge in [-0.3, -0.25) is 0 Å². The van der Waals surface area contributed by atoms with Crippen LogP contribution in [0.5, 0.6) is 5.75 Å². The summed E-state index contributed by atoms with van der Waals surface area (Å²) in [4.78, 5) is 0. The Kier molecular flexibility index (Phi) is 4.05. The minimum atomic E-state index is 0.483. The van der Waals surface area contributed by atoms with Crippen LogP contribution in [0.25, 0.3) is 10.8 Å². The van der Waals surface area contributed by atoms with Crippen LogP contribution in [0.15, 0.2) is 65.8 Å². The second kappa shape index (κ2) is 6.31. The highest BCUT2D eigenvalue weighted by Gasteiger charge is 2.08. The van der Waals surface area contributed by atoms with E-state index in [-0.39, 0.29) is 0 Å². The van der Waals surface area contributed by atoms with E-state index in [2.05, 4.69) is 24.2 Å². The maximum atomic E-state index is 8.95. The van der Waals surface area contributed by atoms with E-state index in [1.54, 1.807) is 0 Å². The largest absolute Gasteiger partial charge is 0.488 e. The van der Waals surface area contributed by atoms with E-state index >= 15 is 0 Å². The summed E-state index contributed by atoms with van der Waals surface area (Å²) in [6, 6.07) is 20.0. The molecule has 3 rings (SSSR count). The van der Waals surface area contributed by atoms with Crippen molar-refractivity contribution in [1.82, 2.24) is 0 Å². The summed E-state index contributed by atoms with van der Waals surface area (Å²) in [6.45, 7) is 2.55. The zero-order valence-electron chi connectivity index (χ0n) is 12.4. The number of benzene rings is 3. The van der Waals surface area contributed by atoms with E-state index in [1.807, 2.05) is 48.5 Å². The Hall–Kier alpha value is -2.81. The Balaban J connectivity index is 1.96. The normalized spacial score (nSPS) is 11.1. The van der Waals surface area contributed by atoms with Gasteiger partial charge in [0.15, 0.2) is 0 Å². The molecule has 0 aliphatic carbocycles. The predicted molar refractivity (Wildman–Crippen MR) is 88.8 cm³/mol. The quantitative estimate of drug-likeness (QED) is 0.436. The lowest BCUT2D eigenvalue weighted by molar-refractivity contribution is 0.304. The summed E-state index contributed by atoms with van der Waals surface area (Å²) in [5.41, 5.74) is 3.12. The van der Waals surface area contributed by atoms with Crippen LogP contribution in [0.4, 0.5) is 0 Å². The number of oxime groups is 1. The lowest BCUT2D eigenvalue weighted by atomic mass is 10.0. The van der Waals surface area contributed by atoms with Crippen LogP contribution < -0.4 is 4.74 Å². The Morgan fingerprint density at radius 1 is 1.00 bits per heavy atom. The highest BCUT2D eigenvalue weighted by molar-refractivity contribution is 6.02. The molecule has 0 aliphatic rings. The van der Waals surface area contributed by atoms with E-state index in [0.717, 1.165) is 21.9 Å². The molecule has 0 bridgehead atoms. The summed E-state index contributed by atoms with van der Waals surface area (Å²) in [5.74, 6) is 0.708. The van der Waals surface area contributed by atoms with Crippen molar-refractivity contribution in [1.29, 1.82) is 0 Å². The van der Waals surface area contributed by atoms with Gasteiger partial charge in [0.05, 0.1) is 6.21 Å². The van der Waals surface area contributed by atoms with Crippen molar-refractivity contribution in [2.24, 2.45) is 5.16 Å². The van der Waals surface area contributed by atoms with Crippen LogP contribution >= 0.6 is 0 Å². The molecule has 3 heteroatoms. The van der Waals surface area contributed by atoms with Gasteiger partial charge in [-0.15, -0.1) is 0 Å². The summed E-state index contributed by atoms with van der Waals surface area (Å²) >= 11 is 0. The van der Waals surface area contributed by atoms with Crippen LogP contribution in [-0.4, -0.2) is 11.4 Å². The third-order valence-electron chi connectivity index (χ3n) is 3.76. The molecule has 22 heavy (non-hydrogen) atoms. The highest BCUT2D eigenvalue weighted by Crippen LogP contribution is 2.27. The van der Waals surface area contributed by atoms with Crippen molar-refractivity contribution < 1.29 is 9.94 Å². The van der Waals surface area contributed by atoms with Crippen molar-refractivity contribution in [3.63, 3.8) is 0 Å². The summed E-state index contributed by atoms with van der Waals surface area (Å²) in [7, 11) is 0. The van der Waals surface area contributed by atoms with Crippen molar-refractivity contribution in [3.05, 3.63) is 77.4 Å². The molecule has 0 amide bonds. The molecule has 3 nitrogen and oxygen atoms in total. The van der Waals surface area contributed by atoms with Crippen molar-refractivity contribution in [3.8, 4) is 5.75 Å². The Bertz CT molecular complexity index is 825. The molecular weight excluding hydrogens is 274 g/mol. The standard InChI is InChI=1S/C19H17NO2/c1-14-6-2-3-8-16(14)13-22-19-11-10-15-7-4-5-9-17(15)18(19)12-20-21/h2-12,21H,13H2,1H3/b20-12+. The molecule has 0 atom stereocenters. The molecule has 0 saturated heterocycles. The van der Waals surface area contributed by atoms with Crippen LogP contribution in [-0.2, 0) is 6.61 Å². The first-order valence-electron chi connectivity index (χ1n) is 7.16. The number of hydrogen-bond acceptors (Lipinski definition) is 3. The Morgan fingerprint density at radius 2 is 1.77 bits per heavy atom. The van der Waals surface area contributed by atoms with E-state index < -0.39 is 0 Å². The fraction of sp³-hybridized carbons (Fsp3) is 0.105. The van der Waals surface area contributed by atoms with Gasteiger partial charge in [0.25, 0.3) is 0 Å². The van der Waals surface area contributed by atoms with Gasteiger partial charge in [-0.25, -0.2) is 0 Å². The second-order valence-electron chi connectivity index (χ2n) is 5.16. The van der Waals surface area contributed by atoms with E-state index in [4.69, 9.17) is 9.94 Å². The maximum absolute atomic E-state index is 8.95. The molecule has 3 aromatic carbocycles. The second-order valence-corrected chi connectivity index (χ2v) is 5.16. The number of hydrogen-bond donors (Lipinski definition) is 1. The number of rotatable bonds is 4. The molecule has 0 heterocycles. The summed E-state index contributed by atoms with van der Waals surface area (Å²) < 4.78 is 5.96. The number of nitrogens with zero attached hydrogens (tertiary/aromatic N) is 1. The monoisotopic (exact) mass is 291 g/mol. The van der Waals surface area contributed by atoms with Gasteiger partial charge in [0, 0.05) is 5.56 Å².